The Morgan fingerprint density at radius 1 is 1.53 bits per heavy atom. The van der Waals surface area contributed by atoms with E-state index in [1.807, 2.05) is 13.0 Å². The number of aryl methyl sites for hydroxylation is 1. The molecule has 0 fully saturated rings. The van der Waals surface area contributed by atoms with Gasteiger partial charge in [0.2, 0.25) is 0 Å². The van der Waals surface area contributed by atoms with Crippen LogP contribution >= 0.6 is 43.2 Å². The van der Waals surface area contributed by atoms with E-state index in [9.17, 15) is 4.79 Å². The second-order valence-electron chi connectivity index (χ2n) is 3.48. The summed E-state index contributed by atoms with van der Waals surface area (Å²) in [5.74, 6) is -0.00992. The zero-order valence-electron chi connectivity index (χ0n) is 9.59. The molecule has 0 spiro atoms. The lowest BCUT2D eigenvalue weighted by molar-refractivity contribution is 0.0948. The average Bonchev–Trinajstić information content (AvgIpc) is 2.64. The fourth-order valence-corrected chi connectivity index (χ4v) is 2.87. The summed E-state index contributed by atoms with van der Waals surface area (Å²) in [6, 6.07) is 1.89. The number of alkyl halides is 1. The molecule has 0 radical (unpaired) electrons. The Balaban J connectivity index is 2.21. The van der Waals surface area contributed by atoms with Crippen molar-refractivity contribution in [3.05, 3.63) is 20.3 Å². The molecule has 1 rings (SSSR count). The van der Waals surface area contributed by atoms with Crippen LogP contribution in [-0.4, -0.2) is 31.0 Å². The number of rotatable bonds is 7. The SMILES string of the molecule is Cc1cc(C(=O)NCCCOCCBr)sc1Br. The molecule has 0 saturated heterocycles. The summed E-state index contributed by atoms with van der Waals surface area (Å²) < 4.78 is 6.31. The van der Waals surface area contributed by atoms with E-state index in [1.165, 1.54) is 11.3 Å². The molecular formula is C11H15Br2NO2S. The van der Waals surface area contributed by atoms with E-state index in [1.54, 1.807) is 0 Å². The van der Waals surface area contributed by atoms with Crippen molar-refractivity contribution in [2.45, 2.75) is 13.3 Å². The van der Waals surface area contributed by atoms with Crippen LogP contribution in [0.4, 0.5) is 0 Å². The van der Waals surface area contributed by atoms with Gasteiger partial charge in [-0.25, -0.2) is 0 Å². The van der Waals surface area contributed by atoms with E-state index in [0.29, 0.717) is 19.8 Å². The first-order valence-corrected chi connectivity index (χ1v) is 8.06. The molecule has 0 aliphatic rings. The topological polar surface area (TPSA) is 38.3 Å². The van der Waals surface area contributed by atoms with Gasteiger partial charge >= 0.3 is 0 Å². The highest BCUT2D eigenvalue weighted by Crippen LogP contribution is 2.27. The molecule has 1 aromatic rings. The van der Waals surface area contributed by atoms with Gasteiger partial charge in [0.05, 0.1) is 15.3 Å². The van der Waals surface area contributed by atoms with Gasteiger partial charge < -0.3 is 10.1 Å². The number of ether oxygens (including phenoxy) is 1. The van der Waals surface area contributed by atoms with Crippen LogP contribution in [0.15, 0.2) is 9.85 Å². The quantitative estimate of drug-likeness (QED) is 0.578. The van der Waals surface area contributed by atoms with E-state index in [2.05, 4.69) is 37.2 Å². The Kier molecular flexibility index (Phi) is 7.34. The van der Waals surface area contributed by atoms with Crippen LogP contribution in [0.2, 0.25) is 0 Å². The minimum absolute atomic E-state index is 0.00992. The first-order valence-electron chi connectivity index (χ1n) is 5.33. The molecule has 1 heterocycles. The molecule has 0 atom stereocenters. The summed E-state index contributed by atoms with van der Waals surface area (Å²) in [4.78, 5) is 12.5. The average molecular weight is 385 g/mol. The summed E-state index contributed by atoms with van der Waals surface area (Å²) in [6.45, 7) is 4.02. The lowest BCUT2D eigenvalue weighted by atomic mass is 10.3. The van der Waals surface area contributed by atoms with Crippen molar-refractivity contribution in [1.82, 2.24) is 5.32 Å². The van der Waals surface area contributed by atoms with Crippen molar-refractivity contribution < 1.29 is 9.53 Å². The Labute approximate surface area is 122 Å². The molecule has 6 heteroatoms. The third kappa shape index (κ3) is 5.50. The van der Waals surface area contributed by atoms with Gasteiger partial charge in [0.1, 0.15) is 0 Å². The minimum atomic E-state index is -0.00992. The minimum Gasteiger partial charge on any atom is -0.381 e. The van der Waals surface area contributed by atoms with Crippen LogP contribution in [0.1, 0.15) is 21.7 Å². The Morgan fingerprint density at radius 3 is 2.88 bits per heavy atom. The maximum Gasteiger partial charge on any atom is 0.261 e. The van der Waals surface area contributed by atoms with Gasteiger partial charge in [-0.3, -0.25) is 4.79 Å². The van der Waals surface area contributed by atoms with Crippen LogP contribution in [0.3, 0.4) is 0 Å². The first-order chi connectivity index (χ1) is 8.15. The molecule has 96 valence electrons. The lowest BCUT2D eigenvalue weighted by Crippen LogP contribution is -2.24. The number of thiophene rings is 1. The van der Waals surface area contributed by atoms with Crippen molar-refractivity contribution in [3.63, 3.8) is 0 Å². The smallest absolute Gasteiger partial charge is 0.261 e. The second kappa shape index (κ2) is 8.24. The molecule has 0 aliphatic heterocycles. The third-order valence-electron chi connectivity index (χ3n) is 2.05. The predicted molar refractivity (Wildman–Crippen MR) is 78.3 cm³/mol. The molecule has 3 nitrogen and oxygen atoms in total. The van der Waals surface area contributed by atoms with Gasteiger partial charge in [-0.15, -0.1) is 11.3 Å². The normalized spacial score (nSPS) is 10.5. The fourth-order valence-electron chi connectivity index (χ4n) is 1.19. The van der Waals surface area contributed by atoms with Crippen LogP contribution in [0.5, 0.6) is 0 Å². The summed E-state index contributed by atoms with van der Waals surface area (Å²) in [7, 11) is 0. The number of carbonyl (C=O) groups is 1. The molecule has 0 bridgehead atoms. The number of hydrogen-bond acceptors (Lipinski definition) is 3. The van der Waals surface area contributed by atoms with Gasteiger partial charge in [-0.05, 0) is 40.9 Å². The molecule has 1 N–H and O–H groups in total. The highest BCUT2D eigenvalue weighted by Gasteiger charge is 2.10. The van der Waals surface area contributed by atoms with Crippen molar-refractivity contribution >= 4 is 49.1 Å². The maximum atomic E-state index is 11.7. The molecule has 1 amide bonds. The zero-order chi connectivity index (χ0) is 12.7. The first kappa shape index (κ1) is 15.1. The van der Waals surface area contributed by atoms with Gasteiger partial charge in [0.15, 0.2) is 0 Å². The molecule has 0 aliphatic carbocycles. The third-order valence-corrected chi connectivity index (χ3v) is 4.51. The Bertz CT molecular complexity index is 349. The molecule has 17 heavy (non-hydrogen) atoms. The van der Waals surface area contributed by atoms with Crippen LogP contribution in [-0.2, 0) is 4.74 Å². The number of nitrogens with one attached hydrogen (secondary N) is 1. The monoisotopic (exact) mass is 383 g/mol. The lowest BCUT2D eigenvalue weighted by Gasteiger charge is -2.03. The largest absolute Gasteiger partial charge is 0.381 e. The van der Waals surface area contributed by atoms with E-state index in [0.717, 1.165) is 26.0 Å². The molecular weight excluding hydrogens is 370 g/mol. The van der Waals surface area contributed by atoms with Crippen LogP contribution < -0.4 is 5.32 Å². The molecule has 0 unspecified atom stereocenters. The zero-order valence-corrected chi connectivity index (χ0v) is 13.6. The molecule has 0 saturated carbocycles. The predicted octanol–water partition coefficient (Wildman–Crippen LogP) is 3.35. The van der Waals surface area contributed by atoms with Crippen molar-refractivity contribution in [2.24, 2.45) is 0 Å². The van der Waals surface area contributed by atoms with E-state index < -0.39 is 0 Å². The van der Waals surface area contributed by atoms with E-state index in [-0.39, 0.29) is 5.91 Å². The number of hydrogen-bond donors (Lipinski definition) is 1. The summed E-state index contributed by atoms with van der Waals surface area (Å²) >= 11 is 8.15. The fraction of sp³-hybridized carbons (Fsp3) is 0.545. The number of amides is 1. The van der Waals surface area contributed by atoms with Crippen molar-refractivity contribution in [3.8, 4) is 0 Å². The van der Waals surface area contributed by atoms with Crippen molar-refractivity contribution in [2.75, 3.05) is 25.1 Å². The maximum absolute atomic E-state index is 11.7. The molecule has 0 aromatic carbocycles. The van der Waals surface area contributed by atoms with Crippen LogP contribution in [0, 0.1) is 6.92 Å². The van der Waals surface area contributed by atoms with Gasteiger partial charge in [0, 0.05) is 18.5 Å². The highest BCUT2D eigenvalue weighted by atomic mass is 79.9. The second-order valence-corrected chi connectivity index (χ2v) is 6.64. The summed E-state index contributed by atoms with van der Waals surface area (Å²) in [5.41, 5.74) is 1.10. The molecule has 1 aromatic heterocycles. The Hall–Kier alpha value is 0.0900. The summed E-state index contributed by atoms with van der Waals surface area (Å²) in [5, 5.41) is 3.72. The van der Waals surface area contributed by atoms with E-state index >= 15 is 0 Å². The van der Waals surface area contributed by atoms with Gasteiger partial charge in [-0.2, -0.15) is 0 Å². The van der Waals surface area contributed by atoms with Crippen LogP contribution in [0.25, 0.3) is 0 Å². The number of halogens is 2. The highest BCUT2D eigenvalue weighted by molar-refractivity contribution is 9.11. The van der Waals surface area contributed by atoms with E-state index in [4.69, 9.17) is 4.74 Å². The Morgan fingerprint density at radius 2 is 2.29 bits per heavy atom. The number of carbonyl (C=O) groups excluding carboxylic acids is 1. The van der Waals surface area contributed by atoms with Gasteiger partial charge in [-0.1, -0.05) is 15.9 Å². The van der Waals surface area contributed by atoms with Gasteiger partial charge in [0.25, 0.3) is 5.91 Å². The van der Waals surface area contributed by atoms with Crippen molar-refractivity contribution in [1.29, 1.82) is 0 Å². The summed E-state index contributed by atoms with van der Waals surface area (Å²) in [6.07, 6.45) is 0.838. The standard InChI is InChI=1S/C11H15Br2NO2S/c1-8-7-9(17-10(8)13)11(15)14-4-2-5-16-6-3-12/h7H,2-6H2,1H3,(H,14,15).